The molecule has 0 saturated carbocycles. The number of nitrogens with one attached hydrogen (secondary N) is 2. The average molecular weight is 410 g/mol. The van der Waals surface area contributed by atoms with Crippen molar-refractivity contribution >= 4 is 44.3 Å². The van der Waals surface area contributed by atoms with E-state index in [2.05, 4.69) is 15.6 Å². The first-order chi connectivity index (χ1) is 14.0. The molecule has 1 atom stereocenters. The molecule has 0 spiro atoms. The molecule has 1 aromatic heterocycles. The fourth-order valence-corrected chi connectivity index (χ4v) is 4.34. The number of ether oxygens (including phenoxy) is 1. The van der Waals surface area contributed by atoms with Gasteiger partial charge in [0, 0.05) is 18.7 Å². The van der Waals surface area contributed by atoms with Crippen molar-refractivity contribution in [3.63, 3.8) is 0 Å². The maximum Gasteiger partial charge on any atom is 0.321 e. The number of hydrogen-bond donors (Lipinski definition) is 2. The van der Waals surface area contributed by atoms with Gasteiger partial charge in [-0.25, -0.2) is 9.78 Å². The Morgan fingerprint density at radius 1 is 1.28 bits per heavy atom. The van der Waals surface area contributed by atoms with E-state index in [1.165, 1.54) is 11.3 Å². The van der Waals surface area contributed by atoms with Crippen LogP contribution in [0.15, 0.2) is 42.5 Å². The lowest BCUT2D eigenvalue weighted by Gasteiger charge is -2.17. The zero-order valence-corrected chi connectivity index (χ0v) is 17.1. The molecule has 0 aliphatic carbocycles. The van der Waals surface area contributed by atoms with Crippen LogP contribution < -0.4 is 20.3 Å². The van der Waals surface area contributed by atoms with E-state index >= 15 is 0 Å². The Morgan fingerprint density at radius 3 is 2.79 bits per heavy atom. The van der Waals surface area contributed by atoms with Crippen molar-refractivity contribution in [2.24, 2.45) is 0 Å². The van der Waals surface area contributed by atoms with Crippen molar-refractivity contribution in [3.05, 3.63) is 48.0 Å². The van der Waals surface area contributed by atoms with Crippen LogP contribution in [-0.4, -0.2) is 36.1 Å². The van der Waals surface area contributed by atoms with Gasteiger partial charge in [0.15, 0.2) is 5.13 Å². The molecule has 1 saturated heterocycles. The SMILES string of the molecule is CCOc1ccc(N2C[C@H](NC(=O)Nc3nc4c(C)cccc4s3)CC2=O)cc1. The number of anilines is 2. The molecule has 2 N–H and O–H groups in total. The number of aromatic nitrogens is 1. The van der Waals surface area contributed by atoms with Gasteiger partial charge in [-0.2, -0.15) is 0 Å². The maximum atomic E-state index is 12.4. The van der Waals surface area contributed by atoms with Crippen LogP contribution in [0.25, 0.3) is 10.2 Å². The minimum absolute atomic E-state index is 0.0185. The first-order valence-electron chi connectivity index (χ1n) is 9.50. The van der Waals surface area contributed by atoms with Crippen LogP contribution in [0.4, 0.5) is 15.6 Å². The van der Waals surface area contributed by atoms with Crippen molar-refractivity contribution in [1.82, 2.24) is 10.3 Å². The van der Waals surface area contributed by atoms with Gasteiger partial charge in [0.2, 0.25) is 5.91 Å². The third kappa shape index (κ3) is 4.17. The third-order valence-electron chi connectivity index (χ3n) is 4.76. The molecule has 0 radical (unpaired) electrons. The normalized spacial score (nSPS) is 16.3. The highest BCUT2D eigenvalue weighted by Crippen LogP contribution is 2.28. The standard InChI is InChI=1S/C21H22N4O3S/c1-3-28-16-9-7-15(8-10-16)25-12-14(11-18(25)26)22-20(27)24-21-23-19-13(2)5-4-6-17(19)29-21/h4-10,14H,3,11-12H2,1-2H3,(H2,22,23,24,27)/t14-/m1/s1. The maximum absolute atomic E-state index is 12.4. The smallest absolute Gasteiger partial charge is 0.321 e. The van der Waals surface area contributed by atoms with Gasteiger partial charge in [-0.1, -0.05) is 23.5 Å². The Hall–Kier alpha value is -3.13. The Kier molecular flexibility index (Phi) is 5.35. The second kappa shape index (κ2) is 8.08. The number of fused-ring (bicyclic) bond motifs is 1. The number of carbonyl (C=O) groups excluding carboxylic acids is 2. The van der Waals surface area contributed by atoms with Crippen LogP contribution in [0.1, 0.15) is 18.9 Å². The molecule has 7 nitrogen and oxygen atoms in total. The lowest BCUT2D eigenvalue weighted by Crippen LogP contribution is -2.39. The summed E-state index contributed by atoms with van der Waals surface area (Å²) in [5.74, 6) is 0.748. The number of amides is 3. The first-order valence-corrected chi connectivity index (χ1v) is 10.3. The van der Waals surface area contributed by atoms with Gasteiger partial charge in [-0.05, 0) is 49.7 Å². The molecule has 3 aromatic rings. The van der Waals surface area contributed by atoms with E-state index in [0.29, 0.717) is 18.3 Å². The van der Waals surface area contributed by atoms with Gasteiger partial charge in [0.25, 0.3) is 0 Å². The summed E-state index contributed by atoms with van der Waals surface area (Å²) in [4.78, 5) is 31.0. The molecule has 1 aliphatic rings. The van der Waals surface area contributed by atoms with Gasteiger partial charge in [-0.15, -0.1) is 0 Å². The molecule has 150 valence electrons. The van der Waals surface area contributed by atoms with Gasteiger partial charge in [-0.3, -0.25) is 10.1 Å². The Bertz CT molecular complexity index is 1050. The molecule has 0 unspecified atom stereocenters. The van der Waals surface area contributed by atoms with Crippen LogP contribution in [0.3, 0.4) is 0 Å². The summed E-state index contributed by atoms with van der Waals surface area (Å²) in [6, 6.07) is 12.7. The molecule has 29 heavy (non-hydrogen) atoms. The first kappa shape index (κ1) is 19.2. The Labute approximate surface area is 172 Å². The van der Waals surface area contributed by atoms with Crippen LogP contribution in [0.2, 0.25) is 0 Å². The minimum atomic E-state index is -0.354. The predicted molar refractivity (Wildman–Crippen MR) is 115 cm³/mol. The quantitative estimate of drug-likeness (QED) is 0.668. The number of urea groups is 1. The topological polar surface area (TPSA) is 83.6 Å². The van der Waals surface area contributed by atoms with Crippen molar-refractivity contribution in [1.29, 1.82) is 0 Å². The summed E-state index contributed by atoms with van der Waals surface area (Å²) >= 11 is 1.43. The summed E-state index contributed by atoms with van der Waals surface area (Å²) in [5, 5.41) is 6.21. The second-order valence-electron chi connectivity index (χ2n) is 6.87. The zero-order chi connectivity index (χ0) is 20.4. The molecule has 1 aliphatic heterocycles. The second-order valence-corrected chi connectivity index (χ2v) is 7.90. The lowest BCUT2D eigenvalue weighted by atomic mass is 10.2. The van der Waals surface area contributed by atoms with Gasteiger partial charge >= 0.3 is 6.03 Å². The van der Waals surface area contributed by atoms with Crippen molar-refractivity contribution in [2.45, 2.75) is 26.3 Å². The van der Waals surface area contributed by atoms with Gasteiger partial charge < -0.3 is 15.0 Å². The number of thiazole rings is 1. The van der Waals surface area contributed by atoms with E-state index in [-0.39, 0.29) is 24.4 Å². The van der Waals surface area contributed by atoms with Crippen molar-refractivity contribution in [2.75, 3.05) is 23.4 Å². The fraction of sp³-hybridized carbons (Fsp3) is 0.286. The number of hydrogen-bond acceptors (Lipinski definition) is 5. The summed E-state index contributed by atoms with van der Waals surface area (Å²) in [6.45, 7) is 4.94. The molecule has 1 fully saturated rings. The van der Waals surface area contributed by atoms with E-state index in [0.717, 1.165) is 27.2 Å². The molecular formula is C21H22N4O3S. The van der Waals surface area contributed by atoms with E-state index in [4.69, 9.17) is 4.74 Å². The monoisotopic (exact) mass is 410 g/mol. The summed E-state index contributed by atoms with van der Waals surface area (Å²) in [7, 11) is 0. The largest absolute Gasteiger partial charge is 0.494 e. The minimum Gasteiger partial charge on any atom is -0.494 e. The fourth-order valence-electron chi connectivity index (χ4n) is 3.40. The molecule has 3 amide bonds. The molecule has 8 heteroatoms. The molecule has 0 bridgehead atoms. The summed E-state index contributed by atoms with van der Waals surface area (Å²) < 4.78 is 6.46. The van der Waals surface area contributed by atoms with Crippen LogP contribution in [0, 0.1) is 6.92 Å². The van der Waals surface area contributed by atoms with Gasteiger partial charge in [0.05, 0.1) is 22.9 Å². The summed E-state index contributed by atoms with van der Waals surface area (Å²) in [5.41, 5.74) is 2.76. The molecule has 2 heterocycles. The molecule has 4 rings (SSSR count). The van der Waals surface area contributed by atoms with Crippen molar-refractivity contribution < 1.29 is 14.3 Å². The number of rotatable bonds is 5. The summed E-state index contributed by atoms with van der Waals surface area (Å²) in [6.07, 6.45) is 0.263. The number of nitrogens with zero attached hydrogens (tertiary/aromatic N) is 2. The average Bonchev–Trinajstić information content (AvgIpc) is 3.26. The number of aryl methyl sites for hydroxylation is 1. The number of benzene rings is 2. The molecular weight excluding hydrogens is 388 g/mol. The third-order valence-corrected chi connectivity index (χ3v) is 5.70. The van der Waals surface area contributed by atoms with Gasteiger partial charge in [0.1, 0.15) is 5.75 Å². The van der Waals surface area contributed by atoms with E-state index < -0.39 is 0 Å². The highest BCUT2D eigenvalue weighted by atomic mass is 32.1. The van der Waals surface area contributed by atoms with Crippen LogP contribution in [0.5, 0.6) is 5.75 Å². The lowest BCUT2D eigenvalue weighted by molar-refractivity contribution is -0.117. The van der Waals surface area contributed by atoms with E-state index in [9.17, 15) is 9.59 Å². The number of para-hydroxylation sites is 1. The van der Waals surface area contributed by atoms with E-state index in [1.807, 2.05) is 56.3 Å². The van der Waals surface area contributed by atoms with Crippen molar-refractivity contribution in [3.8, 4) is 5.75 Å². The Balaban J connectivity index is 1.37. The van der Waals surface area contributed by atoms with Crippen LogP contribution in [-0.2, 0) is 4.79 Å². The van der Waals surface area contributed by atoms with Crippen LogP contribution >= 0.6 is 11.3 Å². The molecule has 2 aromatic carbocycles. The highest BCUT2D eigenvalue weighted by molar-refractivity contribution is 7.22. The predicted octanol–water partition coefficient (Wildman–Crippen LogP) is 3.93. The Morgan fingerprint density at radius 2 is 2.07 bits per heavy atom. The zero-order valence-electron chi connectivity index (χ0n) is 16.3. The van der Waals surface area contributed by atoms with E-state index in [1.54, 1.807) is 4.90 Å². The highest BCUT2D eigenvalue weighted by Gasteiger charge is 2.31. The number of carbonyl (C=O) groups is 2.